The lowest BCUT2D eigenvalue weighted by Crippen LogP contribution is -2.47. The molecule has 0 fully saturated rings. The maximum Gasteiger partial charge on any atom is 0.156 e. The molecule has 1 rings (SSSR count). The molecule has 2 N–H and O–H groups in total. The van der Waals surface area contributed by atoms with Gasteiger partial charge in [-0.05, 0) is 46.5 Å². The van der Waals surface area contributed by atoms with Crippen LogP contribution in [-0.4, -0.2) is 18.4 Å². The monoisotopic (exact) mass is 313 g/mol. The van der Waals surface area contributed by atoms with Crippen molar-refractivity contribution in [2.45, 2.75) is 38.6 Å². The molecule has 0 atom stereocenters. The molecule has 0 aliphatic rings. The smallest absolute Gasteiger partial charge is 0.156 e. The first-order valence-corrected chi connectivity index (χ1v) is 6.90. The zero-order chi connectivity index (χ0) is 13.8. The third kappa shape index (κ3) is 3.33. The van der Waals surface area contributed by atoms with Gasteiger partial charge in [0.15, 0.2) is 5.78 Å². The number of ether oxygens (including phenoxy) is 1. The first kappa shape index (κ1) is 15.2. The second-order valence-corrected chi connectivity index (χ2v) is 5.29. The molecule has 18 heavy (non-hydrogen) atoms. The van der Waals surface area contributed by atoms with Crippen molar-refractivity contribution in [3.63, 3.8) is 0 Å². The molecule has 0 saturated carbocycles. The number of rotatable bonds is 6. The van der Waals surface area contributed by atoms with Crippen LogP contribution in [0.2, 0.25) is 0 Å². The third-order valence-electron chi connectivity index (χ3n) is 3.40. The summed E-state index contributed by atoms with van der Waals surface area (Å²) in [7, 11) is 1.62. The van der Waals surface area contributed by atoms with E-state index >= 15 is 0 Å². The number of Topliss-reactive ketones (excluding diaryl/α,β-unsaturated/α-hetero) is 1. The van der Waals surface area contributed by atoms with E-state index in [0.29, 0.717) is 19.3 Å². The first-order chi connectivity index (χ1) is 8.46. The van der Waals surface area contributed by atoms with Gasteiger partial charge < -0.3 is 10.5 Å². The van der Waals surface area contributed by atoms with E-state index in [1.807, 2.05) is 32.0 Å². The van der Waals surface area contributed by atoms with Gasteiger partial charge in [0.25, 0.3) is 0 Å². The molecular weight excluding hydrogens is 294 g/mol. The maximum atomic E-state index is 12.2. The van der Waals surface area contributed by atoms with Crippen LogP contribution in [0.3, 0.4) is 0 Å². The van der Waals surface area contributed by atoms with E-state index in [1.165, 1.54) is 0 Å². The molecule has 0 spiro atoms. The Morgan fingerprint density at radius 1 is 1.39 bits per heavy atom. The van der Waals surface area contributed by atoms with Gasteiger partial charge in [0, 0.05) is 6.42 Å². The molecule has 1 aromatic rings. The topological polar surface area (TPSA) is 52.3 Å². The second kappa shape index (κ2) is 6.34. The molecule has 0 radical (unpaired) electrons. The highest BCUT2D eigenvalue weighted by Crippen LogP contribution is 2.26. The van der Waals surface area contributed by atoms with Crippen LogP contribution >= 0.6 is 15.9 Å². The van der Waals surface area contributed by atoms with Crippen molar-refractivity contribution in [3.05, 3.63) is 28.2 Å². The van der Waals surface area contributed by atoms with E-state index in [-0.39, 0.29) is 5.78 Å². The van der Waals surface area contributed by atoms with Crippen LogP contribution in [0.1, 0.15) is 32.3 Å². The number of methoxy groups -OCH3 is 1. The van der Waals surface area contributed by atoms with E-state index in [1.54, 1.807) is 7.11 Å². The summed E-state index contributed by atoms with van der Waals surface area (Å²) in [5, 5.41) is 0. The summed E-state index contributed by atoms with van der Waals surface area (Å²) < 4.78 is 6.01. The molecule has 0 saturated heterocycles. The SMILES string of the molecule is CCC(N)(CC)C(=O)Cc1ccc(OC)c(Br)c1. The largest absolute Gasteiger partial charge is 0.496 e. The Morgan fingerprint density at radius 3 is 2.44 bits per heavy atom. The lowest BCUT2D eigenvalue weighted by Gasteiger charge is -2.24. The number of carbonyl (C=O) groups is 1. The highest BCUT2D eigenvalue weighted by Gasteiger charge is 2.29. The maximum absolute atomic E-state index is 12.2. The van der Waals surface area contributed by atoms with E-state index in [4.69, 9.17) is 10.5 Å². The third-order valence-corrected chi connectivity index (χ3v) is 4.02. The minimum atomic E-state index is -0.702. The molecule has 0 aliphatic heterocycles. The van der Waals surface area contributed by atoms with Gasteiger partial charge >= 0.3 is 0 Å². The van der Waals surface area contributed by atoms with E-state index in [0.717, 1.165) is 15.8 Å². The fourth-order valence-electron chi connectivity index (χ4n) is 1.83. The fourth-order valence-corrected chi connectivity index (χ4v) is 2.41. The fraction of sp³-hybridized carbons (Fsp3) is 0.500. The van der Waals surface area contributed by atoms with Crippen LogP contribution in [-0.2, 0) is 11.2 Å². The van der Waals surface area contributed by atoms with Crippen LogP contribution in [0.25, 0.3) is 0 Å². The minimum Gasteiger partial charge on any atom is -0.496 e. The van der Waals surface area contributed by atoms with E-state index in [2.05, 4.69) is 15.9 Å². The minimum absolute atomic E-state index is 0.0876. The van der Waals surface area contributed by atoms with E-state index < -0.39 is 5.54 Å². The van der Waals surface area contributed by atoms with Crippen molar-refractivity contribution in [1.29, 1.82) is 0 Å². The van der Waals surface area contributed by atoms with Crippen LogP contribution < -0.4 is 10.5 Å². The van der Waals surface area contributed by atoms with Gasteiger partial charge in [-0.3, -0.25) is 4.79 Å². The lowest BCUT2D eigenvalue weighted by molar-refractivity contribution is -0.123. The molecule has 0 amide bonds. The zero-order valence-electron chi connectivity index (χ0n) is 11.1. The summed E-state index contributed by atoms with van der Waals surface area (Å²) in [5.41, 5.74) is 6.34. The average molecular weight is 314 g/mol. The second-order valence-electron chi connectivity index (χ2n) is 4.43. The summed E-state index contributed by atoms with van der Waals surface area (Å²) in [4.78, 5) is 12.2. The standard InChI is InChI=1S/C14H20BrNO2/c1-4-14(16,5-2)13(17)9-10-6-7-12(18-3)11(15)8-10/h6-8H,4-5,9,16H2,1-3H3. The number of nitrogens with two attached hydrogens (primary N) is 1. The van der Waals surface area contributed by atoms with Crippen molar-refractivity contribution in [1.82, 2.24) is 0 Å². The molecule has 100 valence electrons. The Kier molecular flexibility index (Phi) is 5.35. The predicted molar refractivity (Wildman–Crippen MR) is 76.9 cm³/mol. The van der Waals surface area contributed by atoms with Crippen LogP contribution in [0.5, 0.6) is 5.75 Å². The molecule has 4 heteroatoms. The summed E-state index contributed by atoms with van der Waals surface area (Å²) in [5.74, 6) is 0.848. The number of halogens is 1. The van der Waals surface area contributed by atoms with Gasteiger partial charge in [0.05, 0.1) is 17.1 Å². The summed E-state index contributed by atoms with van der Waals surface area (Å²) in [6.07, 6.45) is 1.69. The average Bonchev–Trinajstić information content (AvgIpc) is 2.38. The summed E-state index contributed by atoms with van der Waals surface area (Å²) >= 11 is 3.41. The zero-order valence-corrected chi connectivity index (χ0v) is 12.7. The normalized spacial score (nSPS) is 11.4. The van der Waals surface area contributed by atoms with Crippen molar-refractivity contribution in [3.8, 4) is 5.75 Å². The quantitative estimate of drug-likeness (QED) is 0.878. The Balaban J connectivity index is 2.85. The number of benzene rings is 1. The molecule has 0 unspecified atom stereocenters. The van der Waals surface area contributed by atoms with Gasteiger partial charge in [-0.15, -0.1) is 0 Å². The van der Waals surface area contributed by atoms with E-state index in [9.17, 15) is 4.79 Å². The molecule has 0 aromatic heterocycles. The number of hydrogen-bond donors (Lipinski definition) is 1. The first-order valence-electron chi connectivity index (χ1n) is 6.11. The van der Waals surface area contributed by atoms with Crippen molar-refractivity contribution in [2.24, 2.45) is 5.73 Å². The van der Waals surface area contributed by atoms with Gasteiger partial charge in [0.2, 0.25) is 0 Å². The summed E-state index contributed by atoms with van der Waals surface area (Å²) in [6.45, 7) is 3.90. The summed E-state index contributed by atoms with van der Waals surface area (Å²) in [6, 6.07) is 5.65. The molecule has 0 bridgehead atoms. The molecule has 3 nitrogen and oxygen atoms in total. The van der Waals surface area contributed by atoms with Crippen LogP contribution in [0, 0.1) is 0 Å². The Hall–Kier alpha value is -0.870. The van der Waals surface area contributed by atoms with Crippen LogP contribution in [0.15, 0.2) is 22.7 Å². The van der Waals surface area contributed by atoms with Gasteiger partial charge in [-0.2, -0.15) is 0 Å². The van der Waals surface area contributed by atoms with Gasteiger partial charge in [-0.1, -0.05) is 19.9 Å². The number of hydrogen-bond acceptors (Lipinski definition) is 3. The highest BCUT2D eigenvalue weighted by atomic mass is 79.9. The molecule has 0 aliphatic carbocycles. The Bertz CT molecular complexity index is 428. The number of carbonyl (C=O) groups excluding carboxylic acids is 1. The van der Waals surface area contributed by atoms with Crippen molar-refractivity contribution in [2.75, 3.05) is 7.11 Å². The lowest BCUT2D eigenvalue weighted by atomic mass is 9.86. The van der Waals surface area contributed by atoms with Crippen molar-refractivity contribution < 1.29 is 9.53 Å². The molecule has 0 heterocycles. The number of ketones is 1. The van der Waals surface area contributed by atoms with Crippen molar-refractivity contribution >= 4 is 21.7 Å². The Morgan fingerprint density at radius 2 is 2.00 bits per heavy atom. The molecular formula is C14H20BrNO2. The van der Waals surface area contributed by atoms with Crippen LogP contribution in [0.4, 0.5) is 0 Å². The van der Waals surface area contributed by atoms with Gasteiger partial charge in [-0.25, -0.2) is 0 Å². The molecule has 1 aromatic carbocycles. The highest BCUT2D eigenvalue weighted by molar-refractivity contribution is 9.10. The Labute approximate surface area is 117 Å². The van der Waals surface area contributed by atoms with Gasteiger partial charge in [0.1, 0.15) is 5.75 Å². The predicted octanol–water partition coefficient (Wildman–Crippen LogP) is 3.09.